The molecule has 3 N–H and O–H groups in total. The van der Waals surface area contributed by atoms with E-state index in [9.17, 15) is 19.8 Å². The molecule has 0 saturated carbocycles. The molecule has 0 aliphatic carbocycles. The lowest BCUT2D eigenvalue weighted by Crippen LogP contribution is -2.45. The van der Waals surface area contributed by atoms with Crippen molar-refractivity contribution in [1.82, 2.24) is 5.32 Å². The highest BCUT2D eigenvalue weighted by Gasteiger charge is 2.18. The first-order chi connectivity index (χ1) is 44.5. The van der Waals surface area contributed by atoms with Gasteiger partial charge in [0, 0.05) is 12.8 Å². The van der Waals surface area contributed by atoms with Crippen LogP contribution in [0.25, 0.3) is 0 Å². The maximum absolute atomic E-state index is 12.5. The van der Waals surface area contributed by atoms with E-state index in [-0.39, 0.29) is 18.5 Å². The van der Waals surface area contributed by atoms with Crippen LogP contribution in [-0.2, 0) is 14.3 Å². The van der Waals surface area contributed by atoms with Crippen LogP contribution in [0.1, 0.15) is 476 Å². The fraction of sp³-hybridized carbons (Fsp3) is 0.929. The van der Waals surface area contributed by atoms with Gasteiger partial charge in [0.05, 0.1) is 25.4 Å². The third-order valence-electron chi connectivity index (χ3n) is 19.7. The van der Waals surface area contributed by atoms with Crippen LogP contribution < -0.4 is 5.32 Å². The van der Waals surface area contributed by atoms with Crippen molar-refractivity contribution in [3.8, 4) is 0 Å². The summed E-state index contributed by atoms with van der Waals surface area (Å²) in [6.45, 7) is 4.95. The van der Waals surface area contributed by atoms with E-state index in [4.69, 9.17) is 4.74 Å². The average molecular weight is 1270 g/mol. The number of carbonyl (C=O) groups excluding carboxylic acids is 2. The van der Waals surface area contributed by atoms with E-state index in [1.807, 2.05) is 6.08 Å². The molecule has 0 aromatic rings. The third kappa shape index (κ3) is 75.4. The molecule has 0 fully saturated rings. The fourth-order valence-electron chi connectivity index (χ4n) is 13.4. The second-order valence-corrected chi connectivity index (χ2v) is 28.8. The number of unbranched alkanes of at least 4 members (excludes halogenated alkanes) is 66. The Morgan fingerprint density at radius 1 is 0.300 bits per heavy atom. The summed E-state index contributed by atoms with van der Waals surface area (Å²) in [7, 11) is 0. The summed E-state index contributed by atoms with van der Waals surface area (Å²) in [5.41, 5.74) is 0. The maximum Gasteiger partial charge on any atom is 0.305 e. The summed E-state index contributed by atoms with van der Waals surface area (Å²) >= 11 is 0. The number of aliphatic hydroxyl groups excluding tert-OH is 2. The summed E-state index contributed by atoms with van der Waals surface area (Å²) < 4.78 is 5.52. The largest absolute Gasteiger partial charge is 0.466 e. The lowest BCUT2D eigenvalue weighted by molar-refractivity contribution is -0.143. The Morgan fingerprint density at radius 3 is 0.789 bits per heavy atom. The number of carbonyl (C=O) groups is 2. The van der Waals surface area contributed by atoms with Gasteiger partial charge in [0.1, 0.15) is 0 Å². The van der Waals surface area contributed by atoms with E-state index in [0.717, 1.165) is 38.5 Å². The van der Waals surface area contributed by atoms with Crippen LogP contribution >= 0.6 is 0 Å². The lowest BCUT2D eigenvalue weighted by Gasteiger charge is -2.20. The number of hydrogen-bond donors (Lipinski definition) is 3. The minimum Gasteiger partial charge on any atom is -0.466 e. The molecular weight excluding hydrogens is 1100 g/mol. The highest BCUT2D eigenvalue weighted by Crippen LogP contribution is 2.20. The lowest BCUT2D eigenvalue weighted by atomic mass is 10.0. The third-order valence-corrected chi connectivity index (χ3v) is 19.7. The predicted molar refractivity (Wildman–Crippen MR) is 398 cm³/mol. The molecule has 0 aromatic heterocycles. The molecule has 6 nitrogen and oxygen atoms in total. The Balaban J connectivity index is 3.28. The Bertz CT molecular complexity index is 1410. The minimum atomic E-state index is -0.840. The molecule has 0 aliphatic heterocycles. The van der Waals surface area contributed by atoms with Crippen LogP contribution in [-0.4, -0.2) is 47.4 Å². The topological polar surface area (TPSA) is 95.9 Å². The number of esters is 1. The van der Waals surface area contributed by atoms with E-state index in [0.29, 0.717) is 19.4 Å². The van der Waals surface area contributed by atoms with Gasteiger partial charge in [0.2, 0.25) is 5.91 Å². The van der Waals surface area contributed by atoms with Crippen molar-refractivity contribution < 1.29 is 24.5 Å². The number of allylic oxidation sites excluding steroid dienone is 3. The molecule has 1 amide bonds. The monoisotopic (exact) mass is 1270 g/mol. The quantitative estimate of drug-likeness (QED) is 0.0320. The molecule has 90 heavy (non-hydrogen) atoms. The van der Waals surface area contributed by atoms with Gasteiger partial charge in [-0.1, -0.05) is 430 Å². The Kier molecular flexibility index (Phi) is 78.3. The van der Waals surface area contributed by atoms with Crippen molar-refractivity contribution >= 4 is 11.9 Å². The SMILES string of the molecule is CCCCCCCC/C=C\CCCCCCCCCCCC(=O)OCCCCCCCCCCCCCCCCCCCCCCCCCCCCCCCCCCCCCCCCCC(=O)NC(CO)C(O)/C=C/CCCCCCCCCCCCCCC. The van der Waals surface area contributed by atoms with Gasteiger partial charge in [0.15, 0.2) is 0 Å². The molecule has 0 rings (SSSR count). The smallest absolute Gasteiger partial charge is 0.305 e. The van der Waals surface area contributed by atoms with Crippen LogP contribution in [0.2, 0.25) is 0 Å². The average Bonchev–Trinajstić information content (AvgIpc) is 3.68. The number of ether oxygens (including phenoxy) is 1. The predicted octanol–water partition coefficient (Wildman–Crippen LogP) is 27.6. The van der Waals surface area contributed by atoms with Crippen molar-refractivity contribution in [1.29, 1.82) is 0 Å². The molecule has 0 heterocycles. The minimum absolute atomic E-state index is 0.0245. The summed E-state index contributed by atoms with van der Waals surface area (Å²) in [4.78, 5) is 24.6. The Labute approximate surface area is 564 Å². The summed E-state index contributed by atoms with van der Waals surface area (Å²) in [6, 6.07) is -0.623. The van der Waals surface area contributed by atoms with Crippen molar-refractivity contribution in [2.75, 3.05) is 13.2 Å². The molecule has 0 bridgehead atoms. The second kappa shape index (κ2) is 79.8. The first kappa shape index (κ1) is 88.3. The normalized spacial score (nSPS) is 12.5. The molecule has 2 unspecified atom stereocenters. The van der Waals surface area contributed by atoms with Crippen LogP contribution in [0, 0.1) is 0 Å². The maximum atomic E-state index is 12.5. The van der Waals surface area contributed by atoms with Gasteiger partial charge in [-0.25, -0.2) is 0 Å². The number of aliphatic hydroxyl groups is 2. The van der Waals surface area contributed by atoms with Crippen LogP contribution in [0.5, 0.6) is 0 Å². The molecule has 0 spiro atoms. The first-order valence-electron chi connectivity index (χ1n) is 41.6. The van der Waals surface area contributed by atoms with Crippen molar-refractivity contribution in [2.24, 2.45) is 0 Å². The molecule has 0 aromatic carbocycles. The number of nitrogens with one attached hydrogen (secondary N) is 1. The van der Waals surface area contributed by atoms with E-state index < -0.39 is 12.1 Å². The second-order valence-electron chi connectivity index (χ2n) is 28.8. The molecule has 0 radical (unpaired) electrons. The standard InChI is InChI=1S/C84H163NO5/c1-3-5-7-9-11-13-15-17-19-20-42-46-50-54-58-62-66-70-74-78-84(89)90-79-75-71-67-63-59-55-51-47-44-41-39-37-35-33-31-29-27-25-23-21-22-24-26-28-30-32-34-36-38-40-43-45-49-53-57-61-65-69-73-77-83(88)85-81(80-86)82(87)76-72-68-64-60-56-52-48-18-16-14-12-10-8-6-4-2/h17,19,72,76,81-82,86-87H,3-16,18,20-71,73-75,77-80H2,1-2H3,(H,85,88)/b19-17-,76-72+. The van der Waals surface area contributed by atoms with Gasteiger partial charge in [0.25, 0.3) is 0 Å². The zero-order chi connectivity index (χ0) is 64.9. The van der Waals surface area contributed by atoms with Crippen LogP contribution in [0.3, 0.4) is 0 Å². The van der Waals surface area contributed by atoms with Gasteiger partial charge in [-0.2, -0.15) is 0 Å². The molecule has 0 saturated heterocycles. The van der Waals surface area contributed by atoms with E-state index in [1.54, 1.807) is 6.08 Å². The molecule has 6 heteroatoms. The fourth-order valence-corrected chi connectivity index (χ4v) is 13.4. The van der Waals surface area contributed by atoms with E-state index in [1.165, 1.54) is 411 Å². The van der Waals surface area contributed by atoms with Crippen molar-refractivity contribution in [3.05, 3.63) is 24.3 Å². The van der Waals surface area contributed by atoms with E-state index >= 15 is 0 Å². The van der Waals surface area contributed by atoms with E-state index in [2.05, 4.69) is 31.3 Å². The Morgan fingerprint density at radius 2 is 0.522 bits per heavy atom. The van der Waals surface area contributed by atoms with Gasteiger partial charge in [-0.15, -0.1) is 0 Å². The molecule has 534 valence electrons. The van der Waals surface area contributed by atoms with Crippen LogP contribution in [0.15, 0.2) is 24.3 Å². The highest BCUT2D eigenvalue weighted by molar-refractivity contribution is 5.76. The summed E-state index contributed by atoms with van der Waals surface area (Å²) in [6.07, 6.45) is 103. The summed E-state index contributed by atoms with van der Waals surface area (Å²) in [5.74, 6) is -0.0341. The van der Waals surface area contributed by atoms with Crippen LogP contribution in [0.4, 0.5) is 0 Å². The molecular formula is C84H163NO5. The van der Waals surface area contributed by atoms with Gasteiger partial charge < -0.3 is 20.3 Å². The summed E-state index contributed by atoms with van der Waals surface area (Å²) in [5, 5.41) is 23.2. The van der Waals surface area contributed by atoms with Gasteiger partial charge in [-0.3, -0.25) is 9.59 Å². The number of hydrogen-bond acceptors (Lipinski definition) is 5. The van der Waals surface area contributed by atoms with Crippen molar-refractivity contribution in [2.45, 2.75) is 488 Å². The zero-order valence-electron chi connectivity index (χ0n) is 61.4. The van der Waals surface area contributed by atoms with Crippen molar-refractivity contribution in [3.63, 3.8) is 0 Å². The number of rotatable bonds is 79. The first-order valence-corrected chi connectivity index (χ1v) is 41.6. The van der Waals surface area contributed by atoms with Gasteiger partial charge in [-0.05, 0) is 57.8 Å². The molecule has 0 aliphatic rings. The van der Waals surface area contributed by atoms with Gasteiger partial charge >= 0.3 is 5.97 Å². The zero-order valence-corrected chi connectivity index (χ0v) is 61.4. The molecule has 2 atom stereocenters. The Hall–Kier alpha value is -1.66. The number of amides is 1. The highest BCUT2D eigenvalue weighted by atomic mass is 16.5.